The normalized spacial score (nSPS) is 11.0. The lowest BCUT2D eigenvalue weighted by atomic mass is 9.64. The summed E-state index contributed by atoms with van der Waals surface area (Å²) in [5, 5.41) is 157. The van der Waals surface area contributed by atoms with Crippen molar-refractivity contribution >= 4 is 134 Å². The molecule has 0 unspecified atom stereocenters. The van der Waals surface area contributed by atoms with Gasteiger partial charge in [0.1, 0.15) is 28.6 Å². The summed E-state index contributed by atoms with van der Waals surface area (Å²) in [6.45, 7) is 6.96. The molecule has 0 amide bonds. The van der Waals surface area contributed by atoms with Crippen molar-refractivity contribution in [1.82, 2.24) is 39.1 Å². The summed E-state index contributed by atoms with van der Waals surface area (Å²) in [4.78, 5) is 44.6. The zero-order valence-electron chi connectivity index (χ0n) is 72.3. The van der Waals surface area contributed by atoms with Gasteiger partial charge in [0.15, 0.2) is 0 Å². The van der Waals surface area contributed by atoms with Crippen LogP contribution >= 0.6 is 0 Å². The van der Waals surface area contributed by atoms with E-state index in [1.165, 1.54) is 60.8 Å². The van der Waals surface area contributed by atoms with E-state index in [1.807, 2.05) is 86.6 Å². The fraction of sp³-hybridized carbons (Fsp3) is 0.0417. The van der Waals surface area contributed by atoms with Crippen molar-refractivity contribution in [1.29, 1.82) is 0 Å². The zero-order valence-corrected chi connectivity index (χ0v) is 72.3. The SMILES string of the molecule is CB(O)c1ccc(N/N=C/c2cn(-c3ccc(C(=O)O)cc3)nc2-c2ccc(B(O)O)cc2)cc1.Cc1ccc(N/N=C/c2cn(-c3ccc(C(=O)O)cc3)nc2-c2ccc(B(O)O)cc2)c(F)c1.Cc1ccc(N/N=C/c2cn(-c3ccc(C(=O)O)cc3)nc2-c2ccc(B(O)O)cc2)cc1.Cc1ccc(N/N=C/c2cn(-c3ccc(C(=O)O)cc3)nc2-c2ccc(B(O)O)cc2)cc1. The highest BCUT2D eigenvalue weighted by atomic mass is 19.1. The van der Waals surface area contributed by atoms with Crippen molar-refractivity contribution in [2.24, 2.45) is 20.4 Å². The Kier molecular flexibility index (Phi) is 31.6. The lowest BCUT2D eigenvalue weighted by molar-refractivity contribution is 0.0686. The molecule has 672 valence electrons. The van der Waals surface area contributed by atoms with Crippen LogP contribution in [0.1, 0.15) is 80.4 Å². The smallest absolute Gasteiger partial charge is 0.478 e. The number of aromatic nitrogens is 8. The number of anilines is 4. The third-order valence-corrected chi connectivity index (χ3v) is 20.6. The first kappa shape index (κ1) is 95.7. The minimum atomic E-state index is -1.59. The second-order valence-corrected chi connectivity index (χ2v) is 30.4. The van der Waals surface area contributed by atoms with Crippen LogP contribution in [0.25, 0.3) is 67.8 Å². The summed E-state index contributed by atoms with van der Waals surface area (Å²) in [7, 11) is -6.26. The topological polar surface area (TPSA) is 500 Å². The van der Waals surface area contributed by atoms with Gasteiger partial charge in [0.05, 0.1) is 92.6 Å². The van der Waals surface area contributed by atoms with Gasteiger partial charge in [-0.2, -0.15) is 40.8 Å². The predicted octanol–water partition coefficient (Wildman–Crippen LogP) is 9.34. The van der Waals surface area contributed by atoms with Gasteiger partial charge < -0.3 is 65.6 Å². The average Bonchev–Trinajstić information content (AvgIpc) is 1.66. The van der Waals surface area contributed by atoms with Gasteiger partial charge in [0.2, 0.25) is 0 Å². The maximum Gasteiger partial charge on any atom is 0.488 e. The number of carboxylic acids is 4. The summed E-state index contributed by atoms with van der Waals surface area (Å²) in [6, 6.07) is 79.7. The number of rotatable bonds is 29. The standard InChI is InChI=1S/C24H22B2N4O5.C24H20BFN4O4.2C24H21BN4O4/c1-25(33)19-8-10-21(11-9-19)28-27-14-18-15-30(22-12-4-17(5-13-22)24(31)32)29-23(18)16-2-6-20(7-3-16)26(34)35;1-15-2-11-22(21(26)12-15)28-27-13-18-14-30(20-9-5-17(6-10-20)24(31)32)29-23(18)16-3-7-19(8-4-16)25(33)34;2*1-16-2-10-21(11-3-16)27-26-14-19-15-29(22-12-6-18(7-13-22)24(30)31)28-23(19)17-4-8-20(9-5-17)25(32)33/h2-15,28,33-35H,1H3,(H,31,32);2-14,28,33-34H,1H3,(H,31,32);2*2-15,27,32-33H,1H3,(H,30,31)/b27-14+;27-13+;2*26-14+. The van der Waals surface area contributed by atoms with Crippen molar-refractivity contribution in [3.63, 3.8) is 0 Å². The lowest BCUT2D eigenvalue weighted by Gasteiger charge is -2.04. The highest BCUT2D eigenvalue weighted by molar-refractivity contribution is 6.64. The summed E-state index contributed by atoms with van der Waals surface area (Å²) in [5.74, 6) is -4.46. The van der Waals surface area contributed by atoms with Gasteiger partial charge in [-0.3, -0.25) is 21.7 Å². The minimum absolute atomic E-state index is 0.153. The molecule has 39 heteroatoms. The number of aromatic carboxylic acids is 4. The lowest BCUT2D eigenvalue weighted by Crippen LogP contribution is -2.29. The average molecular weight is 1810 g/mol. The number of halogens is 1. The van der Waals surface area contributed by atoms with Crippen LogP contribution in [0.15, 0.2) is 330 Å². The molecule has 17 N–H and O–H groups in total. The molecule has 135 heavy (non-hydrogen) atoms. The van der Waals surface area contributed by atoms with Crippen LogP contribution in [0.4, 0.5) is 27.1 Å². The first-order valence-electron chi connectivity index (χ1n) is 41.4. The third-order valence-electron chi connectivity index (χ3n) is 20.6. The number of nitrogens with one attached hydrogen (secondary N) is 4. The fourth-order valence-corrected chi connectivity index (χ4v) is 13.1. The highest BCUT2D eigenvalue weighted by Crippen LogP contribution is 2.29. The number of nitrogens with zero attached hydrogens (tertiary/aromatic N) is 12. The van der Waals surface area contributed by atoms with Gasteiger partial charge in [-0.25, -0.2) is 42.3 Å². The maximum atomic E-state index is 14.1. The Morgan fingerprint density at radius 3 is 0.741 bits per heavy atom. The molecule has 0 aliphatic heterocycles. The Bertz CT molecular complexity index is 6710. The van der Waals surface area contributed by atoms with Crippen LogP contribution in [-0.2, 0) is 0 Å². The Hall–Kier alpha value is -16.9. The van der Waals surface area contributed by atoms with Crippen LogP contribution in [0.5, 0.6) is 0 Å². The highest BCUT2D eigenvalue weighted by Gasteiger charge is 2.22. The van der Waals surface area contributed by atoms with E-state index in [1.54, 1.807) is 234 Å². The fourth-order valence-electron chi connectivity index (χ4n) is 13.1. The molecule has 0 saturated heterocycles. The van der Waals surface area contributed by atoms with E-state index in [2.05, 4.69) is 62.5 Å². The minimum Gasteiger partial charge on any atom is -0.478 e. The van der Waals surface area contributed by atoms with Gasteiger partial charge in [-0.15, -0.1) is 0 Å². The van der Waals surface area contributed by atoms with Crippen molar-refractivity contribution < 1.29 is 89.2 Å². The van der Waals surface area contributed by atoms with Crippen LogP contribution < -0.4 is 49.0 Å². The Balaban J connectivity index is 0.000000152. The van der Waals surface area contributed by atoms with E-state index in [0.717, 1.165) is 55.9 Å². The van der Waals surface area contributed by atoms with Gasteiger partial charge in [0, 0.05) is 69.3 Å². The van der Waals surface area contributed by atoms with Gasteiger partial charge in [-0.1, -0.05) is 157 Å². The van der Waals surface area contributed by atoms with E-state index in [4.69, 9.17) is 20.4 Å². The van der Waals surface area contributed by atoms with Crippen LogP contribution in [0.3, 0.4) is 0 Å². The van der Waals surface area contributed by atoms with E-state index in [-0.39, 0.29) is 27.9 Å². The second-order valence-electron chi connectivity index (χ2n) is 30.4. The van der Waals surface area contributed by atoms with Crippen LogP contribution in [0.2, 0.25) is 6.82 Å². The molecule has 16 aromatic rings. The molecular formula is C96H84B5FN16O17. The summed E-state index contributed by atoms with van der Waals surface area (Å²) in [6.07, 6.45) is 13.5. The quantitative estimate of drug-likeness (QED) is 0.0118. The third kappa shape index (κ3) is 25.6. The monoisotopic (exact) mass is 1810 g/mol. The number of hydrogen-bond acceptors (Lipinski definition) is 25. The Labute approximate surface area is 772 Å². The predicted molar refractivity (Wildman–Crippen MR) is 521 cm³/mol. The van der Waals surface area contributed by atoms with Gasteiger partial charge >= 0.3 is 59.3 Å². The van der Waals surface area contributed by atoms with Crippen LogP contribution in [-0.4, -0.2) is 189 Å². The molecular weight excluding hydrogens is 1720 g/mol. The molecule has 0 fully saturated rings. The molecule has 0 atom stereocenters. The maximum absolute atomic E-state index is 14.1. The van der Waals surface area contributed by atoms with Crippen molar-refractivity contribution in [2.75, 3.05) is 21.7 Å². The number of aryl methyl sites for hydroxylation is 3. The molecule has 0 radical (unpaired) electrons. The van der Waals surface area contributed by atoms with Crippen molar-refractivity contribution in [3.8, 4) is 67.8 Å². The molecule has 0 bridgehead atoms. The Morgan fingerprint density at radius 1 is 0.296 bits per heavy atom. The second kappa shape index (κ2) is 44.6. The van der Waals surface area contributed by atoms with E-state index in [9.17, 15) is 68.8 Å². The number of carbonyl (C=O) groups is 4. The van der Waals surface area contributed by atoms with E-state index < -0.39 is 65.1 Å². The van der Waals surface area contributed by atoms with E-state index in [0.29, 0.717) is 95.2 Å². The Morgan fingerprint density at radius 2 is 0.519 bits per heavy atom. The molecule has 12 aromatic carbocycles. The van der Waals surface area contributed by atoms with Crippen LogP contribution in [0, 0.1) is 26.6 Å². The number of carboxylic acid groups (broad SMARTS) is 4. The first-order chi connectivity index (χ1) is 64.9. The summed E-state index contributed by atoms with van der Waals surface area (Å²) < 4.78 is 20.6. The molecule has 0 saturated carbocycles. The summed E-state index contributed by atoms with van der Waals surface area (Å²) >= 11 is 0. The molecule has 16 rings (SSSR count). The van der Waals surface area contributed by atoms with E-state index >= 15 is 0 Å². The molecule has 4 heterocycles. The molecule has 0 spiro atoms. The molecule has 0 aliphatic rings. The van der Waals surface area contributed by atoms with Gasteiger partial charge in [0.25, 0.3) is 0 Å². The molecule has 4 aromatic heterocycles. The number of hydrazone groups is 4. The zero-order chi connectivity index (χ0) is 95.9. The summed E-state index contributed by atoms with van der Waals surface area (Å²) in [5.41, 5.74) is 31.0. The number of hydrogen-bond donors (Lipinski definition) is 17. The molecule has 0 aliphatic carbocycles. The van der Waals surface area contributed by atoms with Gasteiger partial charge in [-0.05, 0) is 199 Å². The molecule has 33 nitrogen and oxygen atoms in total. The largest absolute Gasteiger partial charge is 0.488 e. The van der Waals surface area contributed by atoms with Crippen molar-refractivity contribution in [2.45, 2.75) is 27.6 Å². The van der Waals surface area contributed by atoms with Crippen molar-refractivity contribution in [3.05, 3.63) is 377 Å². The number of benzene rings is 12. The first-order valence-corrected chi connectivity index (χ1v) is 41.4.